The number of anilines is 2. The number of nitrogens with zero attached hydrogens (tertiary/aromatic N) is 1. The van der Waals surface area contributed by atoms with Crippen molar-refractivity contribution in [3.8, 4) is 5.75 Å². The molecule has 0 radical (unpaired) electrons. The van der Waals surface area contributed by atoms with Gasteiger partial charge in [-0.25, -0.2) is 4.79 Å². The van der Waals surface area contributed by atoms with Crippen molar-refractivity contribution in [2.45, 2.75) is 51.4 Å². The van der Waals surface area contributed by atoms with E-state index in [2.05, 4.69) is 10.6 Å². The van der Waals surface area contributed by atoms with Gasteiger partial charge in [-0.2, -0.15) is 13.2 Å². The van der Waals surface area contributed by atoms with Gasteiger partial charge in [-0.15, -0.1) is 0 Å². The van der Waals surface area contributed by atoms with Crippen LogP contribution in [0.25, 0.3) is 5.57 Å². The zero-order chi connectivity index (χ0) is 26.1. The fraction of sp³-hybridized carbons (Fsp3) is 0.385. The van der Waals surface area contributed by atoms with E-state index in [0.717, 1.165) is 17.7 Å². The molecule has 0 aromatic heterocycles. The van der Waals surface area contributed by atoms with Gasteiger partial charge in [0.05, 0.1) is 12.2 Å². The number of nitrogens with one attached hydrogen (secondary N) is 2. The summed E-state index contributed by atoms with van der Waals surface area (Å²) in [5, 5.41) is 14.6. The van der Waals surface area contributed by atoms with E-state index in [1.165, 1.54) is 17.0 Å². The van der Waals surface area contributed by atoms with Gasteiger partial charge >= 0.3 is 12.2 Å². The molecule has 7 nitrogen and oxygen atoms in total. The SMILES string of the molecule is CCC1(CC)C/C(=C\C(=O)Nc2ccc3c(c2)NC(=O)N(CCO)C3)c2ccc(C(F)(F)F)cc2O1. The first-order valence-corrected chi connectivity index (χ1v) is 11.8. The average molecular weight is 504 g/mol. The maximum Gasteiger partial charge on any atom is 0.416 e. The molecule has 2 heterocycles. The number of hydrogen-bond acceptors (Lipinski definition) is 4. The largest absolute Gasteiger partial charge is 0.486 e. The number of amides is 3. The first kappa shape index (κ1) is 25.6. The molecule has 2 aliphatic rings. The molecule has 2 aromatic carbocycles. The van der Waals surface area contributed by atoms with Gasteiger partial charge in [-0.3, -0.25) is 4.79 Å². The van der Waals surface area contributed by atoms with Crippen LogP contribution in [0.3, 0.4) is 0 Å². The number of ether oxygens (including phenoxy) is 1. The fourth-order valence-corrected chi connectivity index (χ4v) is 4.55. The van der Waals surface area contributed by atoms with E-state index < -0.39 is 23.2 Å². The molecule has 0 bridgehead atoms. The summed E-state index contributed by atoms with van der Waals surface area (Å²) in [6.45, 7) is 4.22. The lowest BCUT2D eigenvalue weighted by Crippen LogP contribution is -2.40. The smallest absolute Gasteiger partial charge is 0.416 e. The number of hydrogen-bond donors (Lipinski definition) is 3. The number of rotatable bonds is 6. The molecule has 192 valence electrons. The van der Waals surface area contributed by atoms with Gasteiger partial charge in [0.15, 0.2) is 0 Å². The quantitative estimate of drug-likeness (QED) is 0.460. The maximum absolute atomic E-state index is 13.3. The highest BCUT2D eigenvalue weighted by Crippen LogP contribution is 2.45. The molecule has 3 N–H and O–H groups in total. The molecule has 10 heteroatoms. The van der Waals surface area contributed by atoms with Gasteiger partial charge in [-0.05, 0) is 48.2 Å². The fourth-order valence-electron chi connectivity index (χ4n) is 4.55. The van der Waals surface area contributed by atoms with E-state index in [-0.39, 0.29) is 24.9 Å². The summed E-state index contributed by atoms with van der Waals surface area (Å²) in [5.41, 5.74) is 1.40. The number of fused-ring (bicyclic) bond motifs is 2. The number of urea groups is 1. The van der Waals surface area contributed by atoms with Crippen LogP contribution < -0.4 is 15.4 Å². The standard InChI is InChI=1S/C26H28F3N3O4/c1-3-25(4-2)14-17(20-8-6-18(26(27,28)29)12-22(20)36-25)11-23(34)30-19-7-5-16-15-32(9-10-33)24(35)31-21(16)13-19/h5-8,11-13,33H,3-4,9-10,14-15H2,1-2H3,(H,30,34)(H,31,35)/b17-11+. The number of alkyl halides is 3. The Kier molecular flexibility index (Phi) is 6.99. The van der Waals surface area contributed by atoms with Gasteiger partial charge in [0.1, 0.15) is 11.4 Å². The summed E-state index contributed by atoms with van der Waals surface area (Å²) in [5.74, 6) is -0.328. The number of carbonyl (C=O) groups is 2. The van der Waals surface area contributed by atoms with Crippen LogP contribution in [0.1, 0.15) is 49.8 Å². The van der Waals surface area contributed by atoms with Crippen LogP contribution in [0.5, 0.6) is 5.75 Å². The van der Waals surface area contributed by atoms with Crippen molar-refractivity contribution in [1.29, 1.82) is 0 Å². The normalized spacial score (nSPS) is 17.7. The molecule has 0 saturated heterocycles. The number of benzene rings is 2. The summed E-state index contributed by atoms with van der Waals surface area (Å²) in [6, 6.07) is 8.13. The minimum Gasteiger partial charge on any atom is -0.486 e. The lowest BCUT2D eigenvalue weighted by atomic mass is 9.83. The summed E-state index contributed by atoms with van der Waals surface area (Å²) in [7, 11) is 0. The Balaban J connectivity index is 1.60. The van der Waals surface area contributed by atoms with E-state index in [0.29, 0.717) is 48.3 Å². The molecule has 4 rings (SSSR count). The third-order valence-electron chi connectivity index (χ3n) is 6.73. The van der Waals surface area contributed by atoms with Crippen LogP contribution in [0, 0.1) is 0 Å². The minimum atomic E-state index is -4.50. The van der Waals surface area contributed by atoms with Crippen molar-refractivity contribution in [2.75, 3.05) is 23.8 Å². The molecular formula is C26H28F3N3O4. The lowest BCUT2D eigenvalue weighted by molar-refractivity contribution is -0.137. The molecule has 0 atom stereocenters. The van der Waals surface area contributed by atoms with Gasteiger partial charge in [0, 0.05) is 42.5 Å². The first-order chi connectivity index (χ1) is 17.1. The maximum atomic E-state index is 13.3. The predicted molar refractivity (Wildman–Crippen MR) is 130 cm³/mol. The number of aliphatic hydroxyl groups excluding tert-OH is 1. The van der Waals surface area contributed by atoms with Gasteiger partial charge in [0.25, 0.3) is 0 Å². The molecular weight excluding hydrogens is 475 g/mol. The Morgan fingerprint density at radius 2 is 1.97 bits per heavy atom. The molecule has 0 fully saturated rings. The second kappa shape index (κ2) is 9.85. The Hall–Kier alpha value is -3.53. The van der Waals surface area contributed by atoms with Crippen LogP contribution in [-0.2, 0) is 17.5 Å². The zero-order valence-electron chi connectivity index (χ0n) is 20.0. The van der Waals surface area contributed by atoms with E-state index in [1.807, 2.05) is 13.8 Å². The zero-order valence-corrected chi connectivity index (χ0v) is 20.0. The lowest BCUT2D eigenvalue weighted by Gasteiger charge is -2.39. The monoisotopic (exact) mass is 503 g/mol. The van der Waals surface area contributed by atoms with Gasteiger partial charge < -0.3 is 25.4 Å². The summed E-state index contributed by atoms with van der Waals surface area (Å²) >= 11 is 0. The summed E-state index contributed by atoms with van der Waals surface area (Å²) in [6.07, 6.45) is -1.59. The van der Waals surface area contributed by atoms with Crippen LogP contribution in [-0.4, -0.2) is 40.7 Å². The first-order valence-electron chi connectivity index (χ1n) is 11.8. The van der Waals surface area contributed by atoms with Gasteiger partial charge in [0.2, 0.25) is 5.91 Å². The molecule has 0 spiro atoms. The molecule has 3 amide bonds. The second-order valence-corrected chi connectivity index (χ2v) is 8.98. The molecule has 2 aliphatic heterocycles. The minimum absolute atomic E-state index is 0.114. The molecule has 2 aromatic rings. The Morgan fingerprint density at radius 3 is 2.64 bits per heavy atom. The van der Waals surface area contributed by atoms with Crippen molar-refractivity contribution in [1.82, 2.24) is 4.90 Å². The van der Waals surface area contributed by atoms with Gasteiger partial charge in [-0.1, -0.05) is 26.0 Å². The van der Waals surface area contributed by atoms with E-state index in [4.69, 9.17) is 9.84 Å². The van der Waals surface area contributed by atoms with Crippen LogP contribution in [0.4, 0.5) is 29.3 Å². The van der Waals surface area contributed by atoms with E-state index in [9.17, 15) is 22.8 Å². The van der Waals surface area contributed by atoms with Crippen molar-refractivity contribution in [2.24, 2.45) is 0 Å². The molecule has 36 heavy (non-hydrogen) atoms. The van der Waals surface area contributed by atoms with Crippen molar-refractivity contribution in [3.05, 3.63) is 59.2 Å². The topological polar surface area (TPSA) is 90.9 Å². The van der Waals surface area contributed by atoms with Crippen LogP contribution in [0.2, 0.25) is 0 Å². The number of aliphatic hydroxyl groups is 1. The predicted octanol–water partition coefficient (Wildman–Crippen LogP) is 5.41. The van der Waals surface area contributed by atoms with Crippen LogP contribution >= 0.6 is 0 Å². The van der Waals surface area contributed by atoms with E-state index >= 15 is 0 Å². The number of β-amino-alcohol motifs (C(OH)–C–C–N with tert-alkyl or cyclic N) is 1. The van der Waals surface area contributed by atoms with E-state index in [1.54, 1.807) is 18.2 Å². The summed E-state index contributed by atoms with van der Waals surface area (Å²) < 4.78 is 45.9. The highest BCUT2D eigenvalue weighted by Gasteiger charge is 2.38. The van der Waals surface area contributed by atoms with Crippen LogP contribution in [0.15, 0.2) is 42.5 Å². The Morgan fingerprint density at radius 1 is 1.22 bits per heavy atom. The summed E-state index contributed by atoms with van der Waals surface area (Å²) in [4.78, 5) is 26.6. The Labute approximate surface area is 206 Å². The molecule has 0 saturated carbocycles. The number of carbonyl (C=O) groups excluding carboxylic acids is 2. The average Bonchev–Trinajstić information content (AvgIpc) is 2.83. The second-order valence-electron chi connectivity index (χ2n) is 8.98. The Bertz CT molecular complexity index is 1210. The highest BCUT2D eigenvalue weighted by atomic mass is 19.4. The van der Waals surface area contributed by atoms with Crippen molar-refractivity contribution < 1.29 is 32.6 Å². The number of halogens is 3. The third kappa shape index (κ3) is 5.18. The third-order valence-corrected chi connectivity index (χ3v) is 6.73. The van der Waals surface area contributed by atoms with Crippen molar-refractivity contribution in [3.63, 3.8) is 0 Å². The van der Waals surface area contributed by atoms with Crippen molar-refractivity contribution >= 4 is 28.9 Å². The molecule has 0 unspecified atom stereocenters. The molecule has 0 aliphatic carbocycles. The highest BCUT2D eigenvalue weighted by molar-refractivity contribution is 6.05.